The van der Waals surface area contributed by atoms with Gasteiger partial charge in [-0.2, -0.15) is 4.68 Å². The number of fused-ring (bicyclic) bond motifs is 1. The lowest BCUT2D eigenvalue weighted by Gasteiger charge is -2.12. The standard InChI is InChI=1S/C22H19N5O4S/c1-13(27-20(29)15-10-6-7-11-16(15)25-26-27)19(28)24-22-23-18(21(30)31-2)17(32-22)12-14-8-4-3-5-9-14/h3-11,13H,12H2,1-2H3,(H,23,24,28)/t13-/m0/s1. The van der Waals surface area contributed by atoms with Crippen molar-refractivity contribution < 1.29 is 14.3 Å². The topological polar surface area (TPSA) is 116 Å². The Balaban J connectivity index is 1.59. The van der Waals surface area contributed by atoms with Gasteiger partial charge in [0.15, 0.2) is 10.8 Å². The maximum Gasteiger partial charge on any atom is 0.357 e. The molecule has 9 nitrogen and oxygen atoms in total. The second kappa shape index (κ2) is 9.06. The molecule has 0 aliphatic carbocycles. The maximum atomic E-state index is 12.8. The zero-order valence-corrected chi connectivity index (χ0v) is 18.1. The minimum Gasteiger partial charge on any atom is -0.464 e. The summed E-state index contributed by atoms with van der Waals surface area (Å²) in [5, 5.41) is 11.2. The molecule has 162 valence electrons. The molecular formula is C22H19N5O4S. The van der Waals surface area contributed by atoms with E-state index in [1.165, 1.54) is 18.4 Å². The minimum absolute atomic E-state index is 0.145. The molecule has 0 unspecified atom stereocenters. The van der Waals surface area contributed by atoms with Gasteiger partial charge in [0.1, 0.15) is 11.6 Å². The van der Waals surface area contributed by atoms with Crippen molar-refractivity contribution in [3.05, 3.63) is 81.1 Å². The summed E-state index contributed by atoms with van der Waals surface area (Å²) >= 11 is 1.18. The summed E-state index contributed by atoms with van der Waals surface area (Å²) in [5.41, 5.74) is 1.17. The zero-order valence-electron chi connectivity index (χ0n) is 17.3. The van der Waals surface area contributed by atoms with Gasteiger partial charge in [-0.1, -0.05) is 47.7 Å². The van der Waals surface area contributed by atoms with Crippen molar-refractivity contribution in [2.75, 3.05) is 12.4 Å². The van der Waals surface area contributed by atoms with E-state index in [4.69, 9.17) is 4.74 Å². The highest BCUT2D eigenvalue weighted by atomic mass is 32.1. The van der Waals surface area contributed by atoms with Crippen LogP contribution in [0.5, 0.6) is 0 Å². The van der Waals surface area contributed by atoms with E-state index in [1.807, 2.05) is 30.3 Å². The van der Waals surface area contributed by atoms with E-state index >= 15 is 0 Å². The number of thiazole rings is 1. The van der Waals surface area contributed by atoms with E-state index in [9.17, 15) is 14.4 Å². The molecular weight excluding hydrogens is 430 g/mol. The fourth-order valence-corrected chi connectivity index (χ4v) is 4.13. The minimum atomic E-state index is -0.942. The molecule has 0 aliphatic rings. The average Bonchev–Trinajstić information content (AvgIpc) is 3.21. The highest BCUT2D eigenvalue weighted by Crippen LogP contribution is 2.27. The first-order valence-corrected chi connectivity index (χ1v) is 10.6. The summed E-state index contributed by atoms with van der Waals surface area (Å²) < 4.78 is 5.86. The number of nitrogens with zero attached hydrogens (tertiary/aromatic N) is 4. The zero-order chi connectivity index (χ0) is 22.7. The number of esters is 1. The second-order valence-corrected chi connectivity index (χ2v) is 8.05. The molecule has 10 heteroatoms. The summed E-state index contributed by atoms with van der Waals surface area (Å²) in [6.07, 6.45) is 0.462. The summed E-state index contributed by atoms with van der Waals surface area (Å²) in [6.45, 7) is 1.54. The van der Waals surface area contributed by atoms with Crippen LogP contribution in [0.15, 0.2) is 59.4 Å². The van der Waals surface area contributed by atoms with Crippen molar-refractivity contribution in [3.63, 3.8) is 0 Å². The van der Waals surface area contributed by atoms with Gasteiger partial charge in [0, 0.05) is 11.3 Å². The van der Waals surface area contributed by atoms with Crippen LogP contribution in [0.3, 0.4) is 0 Å². The Bertz CT molecular complexity index is 1350. The Morgan fingerprint density at radius 2 is 1.84 bits per heavy atom. The number of carbonyl (C=O) groups is 2. The molecule has 1 amide bonds. The highest BCUT2D eigenvalue weighted by molar-refractivity contribution is 7.16. The Morgan fingerprint density at radius 3 is 2.59 bits per heavy atom. The number of benzene rings is 2. The number of nitrogens with one attached hydrogen (secondary N) is 1. The summed E-state index contributed by atoms with van der Waals surface area (Å²) in [5.74, 6) is -1.09. The van der Waals surface area contributed by atoms with Crippen LogP contribution in [-0.4, -0.2) is 39.0 Å². The predicted molar refractivity (Wildman–Crippen MR) is 120 cm³/mol. The first-order chi connectivity index (χ1) is 15.5. The second-order valence-electron chi connectivity index (χ2n) is 6.97. The van der Waals surface area contributed by atoms with Gasteiger partial charge < -0.3 is 10.1 Å². The van der Waals surface area contributed by atoms with Crippen LogP contribution in [0.2, 0.25) is 0 Å². The SMILES string of the molecule is COC(=O)c1nc(NC(=O)[C@H](C)n2nnc3ccccc3c2=O)sc1Cc1ccccc1. The molecule has 4 rings (SSSR count). The molecule has 0 radical (unpaired) electrons. The molecule has 0 saturated carbocycles. The third kappa shape index (κ3) is 4.26. The first kappa shape index (κ1) is 21.3. The van der Waals surface area contributed by atoms with Gasteiger partial charge in [-0.25, -0.2) is 9.78 Å². The molecule has 0 bridgehead atoms. The van der Waals surface area contributed by atoms with Crippen molar-refractivity contribution in [1.82, 2.24) is 20.0 Å². The molecule has 2 heterocycles. The maximum absolute atomic E-state index is 12.8. The van der Waals surface area contributed by atoms with Crippen molar-refractivity contribution in [2.45, 2.75) is 19.4 Å². The van der Waals surface area contributed by atoms with E-state index < -0.39 is 23.5 Å². The van der Waals surface area contributed by atoms with Gasteiger partial charge in [0.05, 0.1) is 12.5 Å². The van der Waals surface area contributed by atoms with Crippen molar-refractivity contribution in [1.29, 1.82) is 0 Å². The molecule has 32 heavy (non-hydrogen) atoms. The Hall–Kier alpha value is -3.92. The van der Waals surface area contributed by atoms with E-state index in [2.05, 4.69) is 20.6 Å². The molecule has 4 aromatic rings. The monoisotopic (exact) mass is 449 g/mol. The molecule has 0 saturated heterocycles. The number of rotatable bonds is 6. The number of amides is 1. The van der Waals surface area contributed by atoms with Gasteiger partial charge in [0.2, 0.25) is 0 Å². The largest absolute Gasteiger partial charge is 0.464 e. The van der Waals surface area contributed by atoms with Crippen LogP contribution in [0.25, 0.3) is 10.9 Å². The van der Waals surface area contributed by atoms with Crippen LogP contribution >= 0.6 is 11.3 Å². The van der Waals surface area contributed by atoms with Crippen LogP contribution in [0.1, 0.15) is 33.9 Å². The first-order valence-electron chi connectivity index (χ1n) is 9.75. The van der Waals surface area contributed by atoms with Crippen molar-refractivity contribution in [3.8, 4) is 0 Å². The number of methoxy groups -OCH3 is 1. The van der Waals surface area contributed by atoms with Crippen LogP contribution < -0.4 is 10.9 Å². The van der Waals surface area contributed by atoms with Crippen molar-refractivity contribution >= 4 is 39.2 Å². The third-order valence-corrected chi connectivity index (χ3v) is 5.82. The number of hydrogen-bond donors (Lipinski definition) is 1. The Morgan fingerprint density at radius 1 is 1.12 bits per heavy atom. The quantitative estimate of drug-likeness (QED) is 0.450. The number of carbonyl (C=O) groups excluding carboxylic acids is 2. The molecule has 0 aliphatic heterocycles. The average molecular weight is 449 g/mol. The van der Waals surface area contributed by atoms with Crippen molar-refractivity contribution in [2.24, 2.45) is 0 Å². The van der Waals surface area contributed by atoms with Crippen LogP contribution in [0.4, 0.5) is 5.13 Å². The number of ether oxygens (including phenoxy) is 1. The lowest BCUT2D eigenvalue weighted by molar-refractivity contribution is -0.119. The molecule has 0 fully saturated rings. The van der Waals surface area contributed by atoms with Crippen LogP contribution in [0, 0.1) is 0 Å². The Kier molecular flexibility index (Phi) is 6.04. The predicted octanol–water partition coefficient (Wildman–Crippen LogP) is 2.83. The van der Waals surface area contributed by atoms with Crippen LogP contribution in [-0.2, 0) is 16.0 Å². The Labute approximate surface area is 186 Å². The molecule has 0 spiro atoms. The van der Waals surface area contributed by atoms with Gasteiger partial charge in [-0.05, 0) is 24.6 Å². The van der Waals surface area contributed by atoms with Gasteiger partial charge in [-0.3, -0.25) is 9.59 Å². The van der Waals surface area contributed by atoms with Gasteiger partial charge in [-0.15, -0.1) is 16.4 Å². The summed E-state index contributed by atoms with van der Waals surface area (Å²) in [4.78, 5) is 42.7. The number of aromatic nitrogens is 4. The molecule has 2 aromatic carbocycles. The smallest absolute Gasteiger partial charge is 0.357 e. The molecule has 2 aromatic heterocycles. The number of hydrogen-bond acceptors (Lipinski definition) is 8. The number of anilines is 1. The summed E-state index contributed by atoms with van der Waals surface area (Å²) in [7, 11) is 1.28. The highest BCUT2D eigenvalue weighted by Gasteiger charge is 2.24. The van der Waals surface area contributed by atoms with E-state index in [0.717, 1.165) is 10.2 Å². The third-order valence-electron chi connectivity index (χ3n) is 4.85. The summed E-state index contributed by atoms with van der Waals surface area (Å²) in [6, 6.07) is 15.4. The lowest BCUT2D eigenvalue weighted by Crippen LogP contribution is -2.34. The van der Waals surface area contributed by atoms with Gasteiger partial charge in [0.25, 0.3) is 11.5 Å². The van der Waals surface area contributed by atoms with E-state index in [0.29, 0.717) is 22.2 Å². The normalized spacial score (nSPS) is 11.8. The fraction of sp³-hybridized carbons (Fsp3) is 0.182. The fourth-order valence-electron chi connectivity index (χ4n) is 3.14. The van der Waals surface area contributed by atoms with E-state index in [1.54, 1.807) is 31.2 Å². The van der Waals surface area contributed by atoms with Gasteiger partial charge >= 0.3 is 5.97 Å². The molecule has 1 N–H and O–H groups in total. The van der Waals surface area contributed by atoms with E-state index in [-0.39, 0.29) is 10.8 Å². The molecule has 1 atom stereocenters. The lowest BCUT2D eigenvalue weighted by atomic mass is 10.1.